The third kappa shape index (κ3) is 4.27. The molecule has 24 heavy (non-hydrogen) atoms. The zero-order valence-electron chi connectivity index (χ0n) is 12.5. The Morgan fingerprint density at radius 3 is 1.42 bits per heavy atom. The van der Waals surface area contributed by atoms with E-state index in [-0.39, 0.29) is 11.5 Å². The van der Waals surface area contributed by atoms with E-state index in [0.717, 1.165) is 12.2 Å². The van der Waals surface area contributed by atoms with E-state index in [4.69, 9.17) is 0 Å². The van der Waals surface area contributed by atoms with Gasteiger partial charge in [0.05, 0.1) is 0 Å². The molecule has 5 heteroatoms. The van der Waals surface area contributed by atoms with Gasteiger partial charge in [0.15, 0.2) is 0 Å². The van der Waals surface area contributed by atoms with Gasteiger partial charge in [-0.15, -0.1) is 0 Å². The topological polar surface area (TPSA) is 91.7 Å². The van der Waals surface area contributed by atoms with Crippen LogP contribution in [0.15, 0.2) is 60.7 Å². The number of benzene rings is 2. The van der Waals surface area contributed by atoms with Crippen LogP contribution < -0.4 is 0 Å². The smallest absolute Gasteiger partial charge is 0.272 e. The average Bonchev–Trinajstić information content (AvgIpc) is 2.59. The second-order valence-corrected chi connectivity index (χ2v) is 4.84. The molecular weight excluding hydrogens is 308 g/mol. The summed E-state index contributed by atoms with van der Waals surface area (Å²) in [6, 6.07) is 12.5. The second kappa shape index (κ2) is 7.69. The van der Waals surface area contributed by atoms with Crippen molar-refractivity contribution in [3.63, 3.8) is 0 Å². The molecule has 2 aromatic rings. The molecule has 0 radical (unpaired) electrons. The Kier molecular flexibility index (Phi) is 5.41. The summed E-state index contributed by atoms with van der Waals surface area (Å²) in [6.07, 6.45) is 4.39. The SMILES string of the molecule is O=C(C=Cc1ccccc1O)C(=O)C(=O)C=Cc1ccccc1O. The summed E-state index contributed by atoms with van der Waals surface area (Å²) in [7, 11) is 0. The van der Waals surface area contributed by atoms with E-state index < -0.39 is 17.3 Å². The molecule has 5 nitrogen and oxygen atoms in total. The summed E-state index contributed by atoms with van der Waals surface area (Å²) in [4.78, 5) is 35.2. The van der Waals surface area contributed by atoms with Gasteiger partial charge < -0.3 is 10.2 Å². The fourth-order valence-corrected chi connectivity index (χ4v) is 1.86. The molecule has 0 atom stereocenters. The predicted molar refractivity (Wildman–Crippen MR) is 89.3 cm³/mol. The molecule has 2 N–H and O–H groups in total. The number of phenols is 2. The molecular formula is C19H14O5. The number of para-hydroxylation sites is 2. The Bertz CT molecular complexity index is 777. The van der Waals surface area contributed by atoms with Crippen LogP contribution in [0.3, 0.4) is 0 Å². The van der Waals surface area contributed by atoms with Crippen molar-refractivity contribution in [2.45, 2.75) is 0 Å². The zero-order valence-corrected chi connectivity index (χ0v) is 12.5. The molecule has 120 valence electrons. The van der Waals surface area contributed by atoms with Crippen molar-refractivity contribution in [3.05, 3.63) is 71.8 Å². The molecule has 0 saturated heterocycles. The van der Waals surface area contributed by atoms with Crippen molar-refractivity contribution in [2.75, 3.05) is 0 Å². The van der Waals surface area contributed by atoms with Gasteiger partial charge in [0.2, 0.25) is 11.6 Å². The molecule has 2 aromatic carbocycles. The first-order valence-corrected chi connectivity index (χ1v) is 7.04. The van der Waals surface area contributed by atoms with Crippen LogP contribution in [0.1, 0.15) is 11.1 Å². The normalized spacial score (nSPS) is 11.0. The van der Waals surface area contributed by atoms with Crippen LogP contribution >= 0.6 is 0 Å². The number of carbonyl (C=O) groups is 3. The van der Waals surface area contributed by atoms with E-state index in [0.29, 0.717) is 11.1 Å². The highest BCUT2D eigenvalue weighted by Crippen LogP contribution is 2.18. The number of hydrogen-bond acceptors (Lipinski definition) is 5. The minimum atomic E-state index is -1.20. The lowest BCUT2D eigenvalue weighted by atomic mass is 10.1. The maximum atomic E-state index is 11.7. The van der Waals surface area contributed by atoms with E-state index in [1.54, 1.807) is 36.4 Å². The van der Waals surface area contributed by atoms with Gasteiger partial charge in [-0.1, -0.05) is 36.4 Å². The van der Waals surface area contributed by atoms with Gasteiger partial charge in [-0.05, 0) is 36.4 Å². The first-order valence-electron chi connectivity index (χ1n) is 7.04. The Hall–Kier alpha value is -3.47. The molecule has 0 aliphatic heterocycles. The molecule has 0 bridgehead atoms. The van der Waals surface area contributed by atoms with E-state index in [2.05, 4.69) is 0 Å². The van der Waals surface area contributed by atoms with Gasteiger partial charge in [-0.2, -0.15) is 0 Å². The molecule has 0 heterocycles. The fourth-order valence-electron chi connectivity index (χ4n) is 1.86. The van der Waals surface area contributed by atoms with Crippen LogP contribution in [0.25, 0.3) is 12.2 Å². The van der Waals surface area contributed by atoms with Crippen molar-refractivity contribution < 1.29 is 24.6 Å². The van der Waals surface area contributed by atoms with Gasteiger partial charge in [0, 0.05) is 11.1 Å². The van der Waals surface area contributed by atoms with Crippen LogP contribution in [-0.2, 0) is 14.4 Å². The first-order chi connectivity index (χ1) is 11.5. The average molecular weight is 322 g/mol. The molecule has 0 amide bonds. The van der Waals surface area contributed by atoms with Crippen LogP contribution in [0, 0.1) is 0 Å². The van der Waals surface area contributed by atoms with Crippen LogP contribution in [0.4, 0.5) is 0 Å². The lowest BCUT2D eigenvalue weighted by Gasteiger charge is -1.97. The third-order valence-corrected chi connectivity index (χ3v) is 3.15. The molecule has 0 aliphatic rings. The molecule has 0 aromatic heterocycles. The highest BCUT2D eigenvalue weighted by atomic mass is 16.3. The Morgan fingerprint density at radius 1 is 0.667 bits per heavy atom. The lowest BCUT2D eigenvalue weighted by molar-refractivity contribution is -0.140. The van der Waals surface area contributed by atoms with Crippen LogP contribution in [0.2, 0.25) is 0 Å². The van der Waals surface area contributed by atoms with Gasteiger partial charge >= 0.3 is 0 Å². The third-order valence-electron chi connectivity index (χ3n) is 3.15. The summed E-state index contributed by atoms with van der Waals surface area (Å²) in [6.45, 7) is 0. The van der Waals surface area contributed by atoms with Crippen molar-refractivity contribution in [3.8, 4) is 11.5 Å². The van der Waals surface area contributed by atoms with E-state index >= 15 is 0 Å². The maximum absolute atomic E-state index is 11.7. The minimum absolute atomic E-state index is 0.0419. The summed E-state index contributed by atoms with van der Waals surface area (Å²) >= 11 is 0. The van der Waals surface area contributed by atoms with Gasteiger partial charge in [0.1, 0.15) is 11.5 Å². The predicted octanol–water partition coefficient (Wildman–Crippen LogP) is 2.53. The maximum Gasteiger partial charge on any atom is 0.272 e. The number of allylic oxidation sites excluding steroid dienone is 2. The number of aromatic hydroxyl groups is 2. The van der Waals surface area contributed by atoms with Crippen LogP contribution in [-0.4, -0.2) is 27.6 Å². The van der Waals surface area contributed by atoms with Crippen molar-refractivity contribution in [1.82, 2.24) is 0 Å². The van der Waals surface area contributed by atoms with E-state index in [1.807, 2.05) is 0 Å². The summed E-state index contributed by atoms with van der Waals surface area (Å²) in [5.74, 6) is -3.27. The number of hydrogen-bond donors (Lipinski definition) is 2. The highest BCUT2D eigenvalue weighted by molar-refractivity contribution is 6.68. The van der Waals surface area contributed by atoms with E-state index in [9.17, 15) is 24.6 Å². The standard InChI is InChI=1S/C19H14O5/c20-15-7-3-1-5-13(15)9-11-17(22)19(24)18(23)12-10-14-6-2-4-8-16(14)21/h1-12,20-21H. The minimum Gasteiger partial charge on any atom is -0.507 e. The zero-order chi connectivity index (χ0) is 17.5. The van der Waals surface area contributed by atoms with Gasteiger partial charge in [-0.25, -0.2) is 0 Å². The second-order valence-electron chi connectivity index (χ2n) is 4.84. The van der Waals surface area contributed by atoms with Crippen molar-refractivity contribution in [2.24, 2.45) is 0 Å². The summed E-state index contributed by atoms with van der Waals surface area (Å²) < 4.78 is 0. The van der Waals surface area contributed by atoms with Gasteiger partial charge in [0.25, 0.3) is 5.78 Å². The molecule has 0 fully saturated rings. The first kappa shape index (κ1) is 16.9. The Balaban J connectivity index is 2.05. The van der Waals surface area contributed by atoms with Crippen molar-refractivity contribution in [1.29, 1.82) is 0 Å². The lowest BCUT2D eigenvalue weighted by Crippen LogP contribution is -2.20. The van der Waals surface area contributed by atoms with E-state index in [1.165, 1.54) is 24.3 Å². The molecule has 0 saturated carbocycles. The molecule has 0 spiro atoms. The Labute approximate surface area is 138 Å². The summed E-state index contributed by atoms with van der Waals surface area (Å²) in [5, 5.41) is 19.1. The highest BCUT2D eigenvalue weighted by Gasteiger charge is 2.17. The monoisotopic (exact) mass is 322 g/mol. The largest absolute Gasteiger partial charge is 0.507 e. The fraction of sp³-hybridized carbons (Fsp3) is 0. The van der Waals surface area contributed by atoms with Gasteiger partial charge in [-0.3, -0.25) is 14.4 Å². The number of Topliss-reactive ketones (excluding diaryl/α,β-unsaturated/α-hetero) is 1. The van der Waals surface area contributed by atoms with Crippen molar-refractivity contribution >= 4 is 29.5 Å². The molecule has 0 aliphatic carbocycles. The quantitative estimate of drug-likeness (QED) is 0.484. The van der Waals surface area contributed by atoms with Crippen LogP contribution in [0.5, 0.6) is 11.5 Å². The molecule has 0 unspecified atom stereocenters. The number of carbonyl (C=O) groups excluding carboxylic acids is 3. The summed E-state index contributed by atoms with van der Waals surface area (Å²) in [5.41, 5.74) is 0.715. The Morgan fingerprint density at radius 2 is 1.04 bits per heavy atom. The molecule has 2 rings (SSSR count). The number of phenolic OH excluding ortho intramolecular Hbond substituents is 2. The number of ketones is 3. The number of rotatable bonds is 6.